The molecule has 233 valence electrons. The van der Waals surface area contributed by atoms with Crippen molar-refractivity contribution in [1.82, 2.24) is 4.98 Å². The standard InChI is InChI=1S/C24H17N2OS.C13H24O2.Ir/c1-24(2,3)18-12-15(11-14-7-5-6-8-16(14)18)21-23-17(9-10-26-21)22-19(28-23)13-20(25-4)27-22;1-5-10(6-2)12(14)9-13(15)11(7-3)8-4;/h5-10,12-13H,1-3H3;9-11,14H,5-8H2,1-4H3;/q-1;;/b;12-9-;. The van der Waals surface area contributed by atoms with Crippen LogP contribution in [0.4, 0.5) is 5.88 Å². The number of fused-ring (bicyclic) bond motifs is 4. The van der Waals surface area contributed by atoms with Gasteiger partial charge in [-0.3, -0.25) is 9.78 Å². The molecule has 0 bridgehead atoms. The maximum atomic E-state index is 11.7. The SMILES string of the molecule is CCC(CC)C(=O)/C=C(\O)C(CC)CC.[C-]#[N+]c1cc2sc3c(-c4[c-]c5ccccc5c(C(C)(C)C)c4)nccc3c2o1.[Ir]. The number of carbonyl (C=O) groups is 1. The number of hydrogen-bond donors (Lipinski definition) is 1. The summed E-state index contributed by atoms with van der Waals surface area (Å²) in [4.78, 5) is 19.8. The molecule has 5 rings (SSSR count). The number of hydrogen-bond acceptors (Lipinski definition) is 5. The van der Waals surface area contributed by atoms with E-state index in [2.05, 4.69) is 55.9 Å². The molecule has 0 aliphatic heterocycles. The Labute approximate surface area is 278 Å². The molecule has 0 aliphatic rings. The average Bonchev–Trinajstić information content (AvgIpc) is 3.55. The Hall–Kier alpha value is -3.30. The molecule has 0 aliphatic carbocycles. The predicted octanol–water partition coefficient (Wildman–Crippen LogP) is 11.4. The van der Waals surface area contributed by atoms with E-state index in [1.807, 2.05) is 52.1 Å². The quantitative estimate of drug-likeness (QED) is 0.0966. The van der Waals surface area contributed by atoms with Crippen LogP contribution in [-0.4, -0.2) is 15.9 Å². The molecule has 5 nitrogen and oxygen atoms in total. The molecular weight excluding hydrogens is 745 g/mol. The maximum absolute atomic E-state index is 11.7. The Bertz CT molecular complexity index is 1810. The normalized spacial score (nSPS) is 12.0. The number of nitrogens with zero attached hydrogens (tertiary/aromatic N) is 2. The number of aromatic nitrogens is 1. The molecular formula is C37H41IrN2O3S-. The van der Waals surface area contributed by atoms with E-state index < -0.39 is 0 Å². The van der Waals surface area contributed by atoms with Crippen molar-refractivity contribution in [2.75, 3.05) is 0 Å². The van der Waals surface area contributed by atoms with Crippen molar-refractivity contribution < 1.29 is 34.4 Å². The van der Waals surface area contributed by atoms with Gasteiger partial charge in [-0.2, -0.15) is 4.85 Å². The number of carbonyl (C=O) groups excluding carboxylic acids is 1. The minimum atomic E-state index is 0. The second-order valence-electron chi connectivity index (χ2n) is 11.9. The summed E-state index contributed by atoms with van der Waals surface area (Å²) in [7, 11) is 0. The van der Waals surface area contributed by atoms with Gasteiger partial charge in [-0.1, -0.05) is 77.6 Å². The number of aliphatic hydroxyl groups is 1. The summed E-state index contributed by atoms with van der Waals surface area (Å²) in [6.45, 7) is 21.9. The molecule has 44 heavy (non-hydrogen) atoms. The first-order valence-electron chi connectivity index (χ1n) is 15.1. The van der Waals surface area contributed by atoms with Gasteiger partial charge in [0.15, 0.2) is 5.78 Å². The van der Waals surface area contributed by atoms with E-state index in [-0.39, 0.29) is 48.9 Å². The van der Waals surface area contributed by atoms with Gasteiger partial charge in [0.2, 0.25) is 0 Å². The molecule has 3 aromatic heterocycles. The van der Waals surface area contributed by atoms with Gasteiger partial charge in [0.25, 0.3) is 0 Å². The van der Waals surface area contributed by atoms with Crippen molar-refractivity contribution in [3.05, 3.63) is 83.5 Å². The molecule has 1 N–H and O–H groups in total. The first-order chi connectivity index (χ1) is 20.6. The van der Waals surface area contributed by atoms with Crippen molar-refractivity contribution in [1.29, 1.82) is 0 Å². The Morgan fingerprint density at radius 3 is 2.32 bits per heavy atom. The first kappa shape index (κ1) is 35.2. The Morgan fingerprint density at radius 1 is 1.05 bits per heavy atom. The van der Waals surface area contributed by atoms with Crippen LogP contribution in [-0.2, 0) is 30.3 Å². The van der Waals surface area contributed by atoms with Crippen LogP contribution in [0.5, 0.6) is 0 Å². The molecule has 0 unspecified atom stereocenters. The molecule has 0 amide bonds. The van der Waals surface area contributed by atoms with Crippen molar-refractivity contribution in [2.24, 2.45) is 11.8 Å². The molecule has 0 saturated carbocycles. The third-order valence-electron chi connectivity index (χ3n) is 8.08. The van der Waals surface area contributed by atoms with Crippen LogP contribution >= 0.6 is 11.3 Å². The van der Waals surface area contributed by atoms with E-state index in [4.69, 9.17) is 16.0 Å². The summed E-state index contributed by atoms with van der Waals surface area (Å²) < 4.78 is 7.78. The summed E-state index contributed by atoms with van der Waals surface area (Å²) in [6, 6.07) is 17.9. The predicted molar refractivity (Wildman–Crippen MR) is 180 cm³/mol. The van der Waals surface area contributed by atoms with Crippen LogP contribution in [0.15, 0.2) is 64.9 Å². The number of pyridine rings is 1. The van der Waals surface area contributed by atoms with Crippen LogP contribution in [0, 0.1) is 24.5 Å². The molecule has 7 heteroatoms. The van der Waals surface area contributed by atoms with E-state index in [9.17, 15) is 9.90 Å². The topological polar surface area (TPSA) is 67.7 Å². The van der Waals surface area contributed by atoms with Crippen molar-refractivity contribution in [3.63, 3.8) is 0 Å². The summed E-state index contributed by atoms with van der Waals surface area (Å²) in [5.41, 5.74) is 3.96. The van der Waals surface area contributed by atoms with Crippen molar-refractivity contribution in [2.45, 2.75) is 79.6 Å². The van der Waals surface area contributed by atoms with E-state index in [1.165, 1.54) is 17.0 Å². The molecule has 5 aromatic rings. The second-order valence-corrected chi connectivity index (χ2v) is 13.0. The number of aliphatic hydroxyl groups excluding tert-OH is 1. The maximum Gasteiger partial charge on any atom is 0.347 e. The minimum Gasteiger partial charge on any atom is -0.512 e. The number of thiophene rings is 1. The van der Waals surface area contributed by atoms with E-state index in [1.54, 1.807) is 11.3 Å². The number of furan rings is 1. The second kappa shape index (κ2) is 15.1. The Balaban J connectivity index is 0.000000286. The third kappa shape index (κ3) is 7.49. The summed E-state index contributed by atoms with van der Waals surface area (Å²) in [5.74, 6) is 0.875. The molecule has 3 heterocycles. The van der Waals surface area contributed by atoms with Gasteiger partial charge in [0.1, 0.15) is 5.58 Å². The van der Waals surface area contributed by atoms with Gasteiger partial charge >= 0.3 is 5.88 Å². The molecule has 0 fully saturated rings. The van der Waals surface area contributed by atoms with Gasteiger partial charge in [-0.15, -0.1) is 40.5 Å². The summed E-state index contributed by atoms with van der Waals surface area (Å²) in [5, 5.41) is 13.1. The van der Waals surface area contributed by atoms with Crippen LogP contribution < -0.4 is 0 Å². The molecule has 0 saturated heterocycles. The Kier molecular flexibility index (Phi) is 12.1. The zero-order valence-corrected chi connectivity index (χ0v) is 29.8. The third-order valence-corrected chi connectivity index (χ3v) is 9.22. The summed E-state index contributed by atoms with van der Waals surface area (Å²) in [6.07, 6.45) is 6.72. The number of rotatable bonds is 8. The number of benzene rings is 2. The van der Waals surface area contributed by atoms with E-state index in [0.29, 0.717) is 5.88 Å². The molecule has 0 spiro atoms. The monoisotopic (exact) mass is 786 g/mol. The smallest absolute Gasteiger partial charge is 0.347 e. The molecule has 2 aromatic carbocycles. The van der Waals surface area contributed by atoms with Gasteiger partial charge in [-0.05, 0) is 37.2 Å². The van der Waals surface area contributed by atoms with Crippen molar-refractivity contribution in [3.8, 4) is 11.3 Å². The fourth-order valence-corrected chi connectivity index (χ4v) is 6.62. The van der Waals surface area contributed by atoms with Gasteiger partial charge < -0.3 is 9.52 Å². The molecule has 1 radical (unpaired) electrons. The molecule has 0 atom stereocenters. The van der Waals surface area contributed by atoms with Crippen molar-refractivity contribution >= 4 is 54.1 Å². The largest absolute Gasteiger partial charge is 0.512 e. The number of ketones is 1. The van der Waals surface area contributed by atoms with Gasteiger partial charge in [0.05, 0.1) is 17.0 Å². The fraction of sp³-hybridized carbons (Fsp3) is 0.378. The van der Waals surface area contributed by atoms with Crippen LogP contribution in [0.1, 0.15) is 79.7 Å². The Morgan fingerprint density at radius 2 is 1.70 bits per heavy atom. The zero-order chi connectivity index (χ0) is 31.3. The number of allylic oxidation sites excluding steroid dienone is 2. The van der Waals surface area contributed by atoms with Gasteiger partial charge in [0, 0.05) is 66.1 Å². The van der Waals surface area contributed by atoms with Crippen LogP contribution in [0.2, 0.25) is 0 Å². The average molecular weight is 786 g/mol. The summed E-state index contributed by atoms with van der Waals surface area (Å²) >= 11 is 1.62. The van der Waals surface area contributed by atoms with E-state index in [0.717, 1.165) is 62.7 Å². The van der Waals surface area contributed by atoms with Crippen LogP contribution in [0.25, 0.3) is 47.2 Å². The minimum absolute atomic E-state index is 0. The fourth-order valence-electron chi connectivity index (χ4n) is 5.47. The van der Waals surface area contributed by atoms with Gasteiger partial charge in [-0.25, -0.2) is 0 Å². The van der Waals surface area contributed by atoms with Crippen LogP contribution in [0.3, 0.4) is 0 Å². The first-order valence-corrected chi connectivity index (χ1v) is 16.0. The van der Waals surface area contributed by atoms with E-state index >= 15 is 0 Å². The zero-order valence-electron chi connectivity index (χ0n) is 26.6.